The quantitative estimate of drug-likeness (QED) is 0.339. The minimum atomic E-state index is -0.981. The van der Waals surface area contributed by atoms with Crippen molar-refractivity contribution in [3.05, 3.63) is 65.3 Å². The summed E-state index contributed by atoms with van der Waals surface area (Å²) >= 11 is 0. The number of hydrogen-bond donors (Lipinski definition) is 4. The zero-order chi connectivity index (χ0) is 20.1. The minimum Gasteiger partial charge on any atom is -0.508 e. The first-order valence-electron chi connectivity index (χ1n) is 8.21. The Morgan fingerprint density at radius 1 is 1.22 bits per heavy atom. The van der Waals surface area contributed by atoms with E-state index in [2.05, 4.69) is 6.58 Å². The van der Waals surface area contributed by atoms with Crippen molar-refractivity contribution in [1.29, 1.82) is 0 Å². The van der Waals surface area contributed by atoms with Gasteiger partial charge in [-0.25, -0.2) is 0 Å². The van der Waals surface area contributed by atoms with Crippen LogP contribution in [-0.4, -0.2) is 39.4 Å². The van der Waals surface area contributed by atoms with Gasteiger partial charge in [0.2, 0.25) is 0 Å². The third-order valence-electron chi connectivity index (χ3n) is 4.10. The van der Waals surface area contributed by atoms with Crippen LogP contribution in [0.2, 0.25) is 0 Å². The predicted molar refractivity (Wildman–Crippen MR) is 102 cm³/mol. The highest BCUT2D eigenvalue weighted by molar-refractivity contribution is 6.11. The Labute approximate surface area is 157 Å². The van der Waals surface area contributed by atoms with Crippen molar-refractivity contribution in [2.24, 2.45) is 0 Å². The van der Waals surface area contributed by atoms with E-state index in [-0.39, 0.29) is 34.8 Å². The van der Waals surface area contributed by atoms with Crippen molar-refractivity contribution < 1.29 is 30.0 Å². The number of aliphatic hydroxyl groups is 1. The summed E-state index contributed by atoms with van der Waals surface area (Å²) in [5.74, 6) is -1.16. The molecule has 0 bridgehead atoms. The third kappa shape index (κ3) is 4.68. The van der Waals surface area contributed by atoms with Crippen molar-refractivity contribution in [3.63, 3.8) is 0 Å². The maximum absolute atomic E-state index is 12.6. The molecular weight excluding hydrogens is 348 g/mol. The lowest BCUT2D eigenvalue weighted by molar-refractivity contribution is 0.104. The van der Waals surface area contributed by atoms with Gasteiger partial charge in [-0.3, -0.25) is 4.79 Å². The van der Waals surface area contributed by atoms with E-state index in [1.54, 1.807) is 19.1 Å². The normalized spacial score (nSPS) is 12.1. The molecular formula is C21H22O6. The monoisotopic (exact) mass is 370 g/mol. The standard InChI is InChI=1S/C21H22O6/c1-12(2)17(24)10-15-18(25)11-19(27-3)20(21(15)26)16(23)9-6-13-4-7-14(22)8-5-13/h4-9,11,17,22,24-26H,1,10H2,2-3H3/b9-6+/t17-/m0/s1. The molecule has 0 amide bonds. The fraction of sp³-hybridized carbons (Fsp3) is 0.190. The number of rotatable bonds is 7. The highest BCUT2D eigenvalue weighted by Crippen LogP contribution is 2.39. The topological polar surface area (TPSA) is 107 Å². The van der Waals surface area contributed by atoms with Crippen LogP contribution in [0.15, 0.2) is 48.6 Å². The molecule has 2 rings (SSSR count). The molecule has 0 saturated heterocycles. The zero-order valence-electron chi connectivity index (χ0n) is 15.1. The highest BCUT2D eigenvalue weighted by atomic mass is 16.5. The molecule has 0 unspecified atom stereocenters. The highest BCUT2D eigenvalue weighted by Gasteiger charge is 2.24. The number of ether oxygens (including phenoxy) is 1. The van der Waals surface area contributed by atoms with Gasteiger partial charge in [0.05, 0.1) is 13.2 Å². The van der Waals surface area contributed by atoms with Gasteiger partial charge in [-0.15, -0.1) is 0 Å². The molecule has 6 heteroatoms. The van der Waals surface area contributed by atoms with Crippen molar-refractivity contribution in [2.45, 2.75) is 19.4 Å². The van der Waals surface area contributed by atoms with Gasteiger partial charge < -0.3 is 25.2 Å². The molecule has 0 aliphatic rings. The van der Waals surface area contributed by atoms with Crippen molar-refractivity contribution >= 4 is 11.9 Å². The molecule has 27 heavy (non-hydrogen) atoms. The molecule has 0 spiro atoms. The van der Waals surface area contributed by atoms with Crippen molar-refractivity contribution in [3.8, 4) is 23.0 Å². The van der Waals surface area contributed by atoms with Crippen LogP contribution in [0.25, 0.3) is 6.08 Å². The first-order valence-corrected chi connectivity index (χ1v) is 8.21. The van der Waals surface area contributed by atoms with E-state index in [1.165, 1.54) is 37.5 Å². The first-order chi connectivity index (χ1) is 12.7. The van der Waals surface area contributed by atoms with E-state index in [4.69, 9.17) is 4.74 Å². The molecule has 0 fully saturated rings. The van der Waals surface area contributed by atoms with Gasteiger partial charge in [-0.05, 0) is 30.7 Å². The summed E-state index contributed by atoms with van der Waals surface area (Å²) in [6.07, 6.45) is 1.69. The Kier molecular flexibility index (Phi) is 6.26. The van der Waals surface area contributed by atoms with E-state index in [9.17, 15) is 25.2 Å². The smallest absolute Gasteiger partial charge is 0.193 e. The summed E-state index contributed by atoms with van der Waals surface area (Å²) in [5, 5.41) is 40.0. The lowest BCUT2D eigenvalue weighted by Gasteiger charge is -2.17. The fourth-order valence-corrected chi connectivity index (χ4v) is 2.48. The maximum Gasteiger partial charge on any atom is 0.193 e. The molecule has 4 N–H and O–H groups in total. The molecule has 2 aromatic carbocycles. The fourth-order valence-electron chi connectivity index (χ4n) is 2.48. The summed E-state index contributed by atoms with van der Waals surface area (Å²) in [5.41, 5.74) is 1.06. The molecule has 0 saturated carbocycles. The number of ketones is 1. The number of allylic oxidation sites excluding steroid dienone is 1. The van der Waals surface area contributed by atoms with E-state index in [0.29, 0.717) is 11.1 Å². The number of carbonyl (C=O) groups excluding carboxylic acids is 1. The molecule has 6 nitrogen and oxygen atoms in total. The van der Waals surface area contributed by atoms with Gasteiger partial charge in [0.15, 0.2) is 5.78 Å². The SMILES string of the molecule is C=C(C)[C@@H](O)Cc1c(O)cc(OC)c(C(=O)/C=C/c2ccc(O)cc2)c1O. The number of aromatic hydroxyl groups is 3. The molecule has 142 valence electrons. The minimum absolute atomic E-state index is 0.0129. The Bertz CT molecular complexity index is 881. The molecule has 0 aromatic heterocycles. The van der Waals surface area contributed by atoms with Crippen LogP contribution in [0.1, 0.15) is 28.4 Å². The van der Waals surface area contributed by atoms with Crippen LogP contribution in [0.3, 0.4) is 0 Å². The van der Waals surface area contributed by atoms with Gasteiger partial charge in [0.25, 0.3) is 0 Å². The van der Waals surface area contributed by atoms with Crippen LogP contribution < -0.4 is 4.74 Å². The van der Waals surface area contributed by atoms with Gasteiger partial charge in [0.1, 0.15) is 28.6 Å². The van der Waals surface area contributed by atoms with Crippen molar-refractivity contribution in [1.82, 2.24) is 0 Å². The number of hydrogen-bond acceptors (Lipinski definition) is 6. The Morgan fingerprint density at radius 3 is 2.41 bits per heavy atom. The second-order valence-electron chi connectivity index (χ2n) is 6.16. The number of aliphatic hydroxyl groups excluding tert-OH is 1. The molecule has 0 aliphatic carbocycles. The van der Waals surface area contributed by atoms with E-state index in [0.717, 1.165) is 0 Å². The largest absolute Gasteiger partial charge is 0.508 e. The molecule has 0 aliphatic heterocycles. The molecule has 1 atom stereocenters. The summed E-state index contributed by atoms with van der Waals surface area (Å²) in [7, 11) is 1.32. The van der Waals surface area contributed by atoms with Crippen LogP contribution >= 0.6 is 0 Å². The number of carbonyl (C=O) groups is 1. The average Bonchev–Trinajstić information content (AvgIpc) is 2.63. The van der Waals surface area contributed by atoms with Gasteiger partial charge in [-0.1, -0.05) is 30.4 Å². The lowest BCUT2D eigenvalue weighted by atomic mass is 9.96. The van der Waals surface area contributed by atoms with Crippen LogP contribution in [0.4, 0.5) is 0 Å². The number of methoxy groups -OCH3 is 1. The molecule has 2 aromatic rings. The maximum atomic E-state index is 12.6. The Balaban J connectivity index is 2.42. The second kappa shape index (κ2) is 8.42. The van der Waals surface area contributed by atoms with E-state index < -0.39 is 17.6 Å². The van der Waals surface area contributed by atoms with E-state index in [1.807, 2.05) is 0 Å². The van der Waals surface area contributed by atoms with E-state index >= 15 is 0 Å². The third-order valence-corrected chi connectivity index (χ3v) is 4.10. The predicted octanol–water partition coefficient (Wildman–Crippen LogP) is 3.19. The summed E-state index contributed by atoms with van der Waals surface area (Å²) in [6, 6.07) is 7.45. The number of phenols is 3. The number of phenolic OH excluding ortho intramolecular Hbond substituents is 3. The Morgan fingerprint density at radius 2 is 1.85 bits per heavy atom. The summed E-state index contributed by atoms with van der Waals surface area (Å²) in [4.78, 5) is 12.6. The summed E-state index contributed by atoms with van der Waals surface area (Å²) in [6.45, 7) is 5.26. The van der Waals surface area contributed by atoms with Crippen LogP contribution in [0, 0.1) is 0 Å². The molecule has 0 heterocycles. The zero-order valence-corrected chi connectivity index (χ0v) is 15.1. The van der Waals surface area contributed by atoms with Gasteiger partial charge in [-0.2, -0.15) is 0 Å². The molecule has 0 radical (unpaired) electrons. The lowest BCUT2D eigenvalue weighted by Crippen LogP contribution is -2.12. The van der Waals surface area contributed by atoms with Crippen molar-refractivity contribution in [2.75, 3.05) is 7.11 Å². The van der Waals surface area contributed by atoms with Gasteiger partial charge >= 0.3 is 0 Å². The Hall–Kier alpha value is -3.25. The number of benzene rings is 2. The first kappa shape index (κ1) is 20.1. The average molecular weight is 370 g/mol. The van der Waals surface area contributed by atoms with Crippen LogP contribution in [0.5, 0.6) is 23.0 Å². The van der Waals surface area contributed by atoms with Gasteiger partial charge in [0, 0.05) is 18.1 Å². The summed E-state index contributed by atoms with van der Waals surface area (Å²) < 4.78 is 5.12. The van der Waals surface area contributed by atoms with Crippen LogP contribution in [-0.2, 0) is 6.42 Å². The second-order valence-corrected chi connectivity index (χ2v) is 6.16.